The number of aryl methyl sites for hydroxylation is 1. The smallest absolute Gasteiger partial charge is 0.328 e. The van der Waals surface area contributed by atoms with Gasteiger partial charge in [-0.15, -0.1) is 0 Å². The van der Waals surface area contributed by atoms with Gasteiger partial charge < -0.3 is 31.6 Å². The highest BCUT2D eigenvalue weighted by Gasteiger charge is 2.24. The quantitative estimate of drug-likeness (QED) is 0.277. The van der Waals surface area contributed by atoms with E-state index in [2.05, 4.69) is 25.6 Å². The molecule has 0 aliphatic rings. The molecule has 1 aromatic carbocycles. The molecule has 0 bridgehead atoms. The van der Waals surface area contributed by atoms with Gasteiger partial charge in [0, 0.05) is 30.4 Å². The molecule has 0 saturated heterocycles. The van der Waals surface area contributed by atoms with Gasteiger partial charge in [-0.1, -0.05) is 0 Å². The minimum absolute atomic E-state index is 0.0192. The highest BCUT2D eigenvalue weighted by molar-refractivity contribution is 5.97. The lowest BCUT2D eigenvalue weighted by Gasteiger charge is -2.17. The summed E-state index contributed by atoms with van der Waals surface area (Å²) in [6, 6.07) is 5.78. The van der Waals surface area contributed by atoms with E-state index in [1.807, 2.05) is 6.92 Å². The number of benzene rings is 1. The Hall–Kier alpha value is -4.48. The van der Waals surface area contributed by atoms with Crippen LogP contribution in [-0.4, -0.2) is 52.1 Å². The van der Waals surface area contributed by atoms with Crippen molar-refractivity contribution in [3.8, 4) is 0 Å². The molecule has 6 N–H and O–H groups in total. The largest absolute Gasteiger partial charge is 0.466 e. The first-order valence-electron chi connectivity index (χ1n) is 11.9. The van der Waals surface area contributed by atoms with E-state index >= 15 is 0 Å². The molecule has 3 rings (SSSR count). The van der Waals surface area contributed by atoms with Gasteiger partial charge in [0.05, 0.1) is 18.6 Å². The van der Waals surface area contributed by atoms with Crippen molar-refractivity contribution in [3.05, 3.63) is 47.2 Å². The van der Waals surface area contributed by atoms with Crippen LogP contribution in [0.2, 0.25) is 0 Å². The first kappa shape index (κ1) is 27.1. The van der Waals surface area contributed by atoms with Crippen molar-refractivity contribution in [1.29, 1.82) is 0 Å². The first-order chi connectivity index (χ1) is 17.7. The molecule has 37 heavy (non-hydrogen) atoms. The summed E-state index contributed by atoms with van der Waals surface area (Å²) in [5, 5.41) is 6.58. The van der Waals surface area contributed by atoms with E-state index in [1.54, 1.807) is 44.3 Å². The number of anilines is 3. The molecule has 0 unspecified atom stereocenters. The minimum Gasteiger partial charge on any atom is -0.466 e. The van der Waals surface area contributed by atoms with Crippen molar-refractivity contribution >= 4 is 46.3 Å². The molecular formula is C25H31N7O5. The van der Waals surface area contributed by atoms with E-state index in [9.17, 15) is 14.4 Å². The van der Waals surface area contributed by atoms with Crippen LogP contribution in [0.4, 0.5) is 17.5 Å². The summed E-state index contributed by atoms with van der Waals surface area (Å²) >= 11 is 0. The minimum atomic E-state index is -0.968. The molecule has 12 heteroatoms. The molecular weight excluding hydrogens is 478 g/mol. The highest BCUT2D eigenvalue weighted by atomic mass is 16.5. The van der Waals surface area contributed by atoms with Crippen LogP contribution in [0.1, 0.15) is 48.2 Å². The lowest BCUT2D eigenvalue weighted by Crippen LogP contribution is -2.42. The predicted molar refractivity (Wildman–Crippen MR) is 138 cm³/mol. The van der Waals surface area contributed by atoms with Crippen LogP contribution in [0, 0.1) is 6.92 Å². The molecule has 1 amide bonds. The number of nitrogens with two attached hydrogens (primary N) is 2. The van der Waals surface area contributed by atoms with Crippen LogP contribution in [0.25, 0.3) is 11.0 Å². The Bertz CT molecular complexity index is 1280. The Kier molecular flexibility index (Phi) is 9.14. The lowest BCUT2D eigenvalue weighted by molar-refractivity contribution is -0.146. The maximum atomic E-state index is 12.8. The maximum absolute atomic E-state index is 12.8. The number of fused-ring (bicyclic) bond motifs is 1. The average Bonchev–Trinajstić information content (AvgIpc) is 2.86. The molecule has 0 aliphatic carbocycles. The van der Waals surface area contributed by atoms with Gasteiger partial charge in [0.1, 0.15) is 11.9 Å². The number of amides is 1. The normalized spacial score (nSPS) is 11.5. The Morgan fingerprint density at radius 2 is 1.73 bits per heavy atom. The number of carbonyl (C=O) groups is 3. The van der Waals surface area contributed by atoms with Gasteiger partial charge >= 0.3 is 11.9 Å². The summed E-state index contributed by atoms with van der Waals surface area (Å²) in [7, 11) is 0. The molecule has 1 atom stereocenters. The average molecular weight is 510 g/mol. The fourth-order valence-corrected chi connectivity index (χ4v) is 3.68. The Balaban J connectivity index is 1.64. The number of hydrogen-bond donors (Lipinski definition) is 4. The number of esters is 2. The molecule has 2 heterocycles. The van der Waals surface area contributed by atoms with Crippen LogP contribution < -0.4 is 22.1 Å². The first-order valence-corrected chi connectivity index (χ1v) is 11.9. The number of nitrogen functional groups attached to an aromatic ring is 2. The number of pyridine rings is 1. The van der Waals surface area contributed by atoms with E-state index < -0.39 is 23.9 Å². The number of nitrogens with zero attached hydrogens (tertiary/aromatic N) is 3. The predicted octanol–water partition coefficient (Wildman–Crippen LogP) is 2.11. The highest BCUT2D eigenvalue weighted by Crippen LogP contribution is 2.24. The third kappa shape index (κ3) is 7.03. The Labute approximate surface area is 214 Å². The zero-order chi connectivity index (χ0) is 26.9. The number of carbonyl (C=O) groups excluding carboxylic acids is 3. The molecule has 0 saturated carbocycles. The van der Waals surface area contributed by atoms with Gasteiger partial charge in [-0.25, -0.2) is 9.78 Å². The monoisotopic (exact) mass is 509 g/mol. The second-order valence-corrected chi connectivity index (χ2v) is 8.13. The van der Waals surface area contributed by atoms with Crippen molar-refractivity contribution in [3.63, 3.8) is 0 Å². The van der Waals surface area contributed by atoms with E-state index in [-0.39, 0.29) is 37.8 Å². The SMILES string of the molecule is CCOC(=O)CC[C@H](NC(=O)c1ccc(NCc2cnc3nc(N)nc(N)c3c2C)cc1)C(=O)OCC. The Morgan fingerprint density at radius 1 is 1.03 bits per heavy atom. The summed E-state index contributed by atoms with van der Waals surface area (Å²) in [4.78, 5) is 49.2. The summed E-state index contributed by atoms with van der Waals surface area (Å²) in [5.41, 5.74) is 15.0. The molecule has 2 aromatic heterocycles. The molecule has 0 spiro atoms. The van der Waals surface area contributed by atoms with Crippen LogP contribution in [-0.2, 0) is 25.6 Å². The van der Waals surface area contributed by atoms with Gasteiger partial charge in [-0.2, -0.15) is 9.97 Å². The summed E-state index contributed by atoms with van der Waals surface area (Å²) in [6.45, 7) is 6.12. The van der Waals surface area contributed by atoms with Crippen molar-refractivity contribution in [2.75, 3.05) is 30.0 Å². The fourth-order valence-electron chi connectivity index (χ4n) is 3.68. The fraction of sp³-hybridized carbons (Fsp3) is 0.360. The van der Waals surface area contributed by atoms with Crippen molar-refractivity contribution in [2.24, 2.45) is 0 Å². The maximum Gasteiger partial charge on any atom is 0.328 e. The number of nitrogens with one attached hydrogen (secondary N) is 2. The number of aromatic nitrogens is 3. The molecule has 3 aromatic rings. The molecule has 196 valence electrons. The van der Waals surface area contributed by atoms with Gasteiger partial charge in [0.2, 0.25) is 5.95 Å². The molecule has 0 aliphatic heterocycles. The number of rotatable bonds is 11. The second kappa shape index (κ2) is 12.5. The van der Waals surface area contributed by atoms with Crippen molar-refractivity contribution < 1.29 is 23.9 Å². The Morgan fingerprint density at radius 3 is 2.41 bits per heavy atom. The third-order valence-electron chi connectivity index (χ3n) is 5.58. The van der Waals surface area contributed by atoms with Crippen LogP contribution in [0.15, 0.2) is 30.5 Å². The second-order valence-electron chi connectivity index (χ2n) is 8.13. The third-order valence-corrected chi connectivity index (χ3v) is 5.58. The summed E-state index contributed by atoms with van der Waals surface area (Å²) in [5.74, 6) is -1.17. The van der Waals surface area contributed by atoms with E-state index in [4.69, 9.17) is 20.9 Å². The van der Waals surface area contributed by atoms with Gasteiger partial charge in [0.25, 0.3) is 5.91 Å². The standard InChI is InChI=1S/C25H31N7O5/c1-4-36-19(33)11-10-18(24(35)37-5-2)30-23(34)15-6-8-17(9-7-15)28-12-16-13-29-22-20(14(16)3)21(26)31-25(27)32-22/h6-9,13,18,28H,4-5,10-12H2,1-3H3,(H,30,34)(H4,26,27,29,31,32)/t18-/m0/s1. The van der Waals surface area contributed by atoms with E-state index in [0.29, 0.717) is 23.1 Å². The van der Waals surface area contributed by atoms with Crippen LogP contribution in [0.3, 0.4) is 0 Å². The zero-order valence-electron chi connectivity index (χ0n) is 21.0. The lowest BCUT2D eigenvalue weighted by atomic mass is 10.1. The van der Waals surface area contributed by atoms with Crippen molar-refractivity contribution in [1.82, 2.24) is 20.3 Å². The van der Waals surface area contributed by atoms with Crippen LogP contribution >= 0.6 is 0 Å². The number of hydrogen-bond acceptors (Lipinski definition) is 11. The summed E-state index contributed by atoms with van der Waals surface area (Å²) < 4.78 is 9.93. The van der Waals surface area contributed by atoms with Crippen LogP contribution in [0.5, 0.6) is 0 Å². The van der Waals surface area contributed by atoms with Crippen molar-refractivity contribution in [2.45, 2.75) is 46.2 Å². The molecule has 0 fully saturated rings. The number of ether oxygens (including phenoxy) is 2. The molecule has 12 nitrogen and oxygen atoms in total. The zero-order valence-corrected chi connectivity index (χ0v) is 21.0. The van der Waals surface area contributed by atoms with E-state index in [0.717, 1.165) is 16.8 Å². The van der Waals surface area contributed by atoms with Gasteiger partial charge in [0.15, 0.2) is 5.65 Å². The van der Waals surface area contributed by atoms with Gasteiger partial charge in [-0.3, -0.25) is 9.59 Å². The molecule has 0 radical (unpaired) electrons. The summed E-state index contributed by atoms with van der Waals surface area (Å²) in [6.07, 6.45) is 1.75. The topological polar surface area (TPSA) is 184 Å². The van der Waals surface area contributed by atoms with E-state index in [1.165, 1.54) is 0 Å². The van der Waals surface area contributed by atoms with Gasteiger partial charge in [-0.05, 0) is 62.6 Å².